The Balaban J connectivity index is 2.87. The maximum Gasteiger partial charge on any atom is 0.353 e. The van der Waals surface area contributed by atoms with E-state index in [0.29, 0.717) is 20.4 Å². The molecule has 5 heteroatoms. The van der Waals surface area contributed by atoms with Crippen molar-refractivity contribution in [2.24, 2.45) is 0 Å². The van der Waals surface area contributed by atoms with Crippen LogP contribution in [-0.4, -0.2) is 16.1 Å². The SMILES string of the molecule is O=C(O)c1[nH]c2cccc(Cl)c2c1Br. The van der Waals surface area contributed by atoms with Crippen molar-refractivity contribution in [3.63, 3.8) is 0 Å². The molecule has 72 valence electrons. The van der Waals surface area contributed by atoms with Crippen molar-refractivity contribution >= 4 is 44.4 Å². The quantitative estimate of drug-likeness (QED) is 0.838. The summed E-state index contributed by atoms with van der Waals surface area (Å²) in [4.78, 5) is 13.6. The highest BCUT2D eigenvalue weighted by Crippen LogP contribution is 2.33. The number of benzene rings is 1. The van der Waals surface area contributed by atoms with Crippen LogP contribution in [0.25, 0.3) is 10.9 Å². The molecule has 0 fully saturated rings. The summed E-state index contributed by atoms with van der Waals surface area (Å²) < 4.78 is 0.491. The van der Waals surface area contributed by atoms with Gasteiger partial charge in [0.2, 0.25) is 0 Å². The molecule has 0 spiro atoms. The molecule has 1 aromatic heterocycles. The van der Waals surface area contributed by atoms with Crippen molar-refractivity contribution in [2.45, 2.75) is 0 Å². The van der Waals surface area contributed by atoms with E-state index in [1.807, 2.05) is 0 Å². The Morgan fingerprint density at radius 2 is 2.21 bits per heavy atom. The number of rotatable bonds is 1. The van der Waals surface area contributed by atoms with Gasteiger partial charge in [0.05, 0.1) is 9.50 Å². The molecule has 0 aliphatic carbocycles. The molecule has 1 aromatic carbocycles. The van der Waals surface area contributed by atoms with Crippen LogP contribution in [0.3, 0.4) is 0 Å². The first-order valence-electron chi connectivity index (χ1n) is 3.80. The summed E-state index contributed by atoms with van der Waals surface area (Å²) in [6, 6.07) is 5.26. The second-order valence-electron chi connectivity index (χ2n) is 2.78. The van der Waals surface area contributed by atoms with Gasteiger partial charge in [-0.2, -0.15) is 0 Å². The van der Waals surface area contributed by atoms with Crippen molar-refractivity contribution in [3.8, 4) is 0 Å². The predicted molar refractivity (Wildman–Crippen MR) is 58.0 cm³/mol. The molecule has 0 radical (unpaired) electrons. The number of H-pyrrole nitrogens is 1. The monoisotopic (exact) mass is 273 g/mol. The second kappa shape index (κ2) is 3.29. The van der Waals surface area contributed by atoms with Crippen molar-refractivity contribution in [2.75, 3.05) is 0 Å². The van der Waals surface area contributed by atoms with Crippen molar-refractivity contribution in [1.29, 1.82) is 0 Å². The Labute approximate surface area is 92.8 Å². The summed E-state index contributed by atoms with van der Waals surface area (Å²) in [7, 11) is 0. The zero-order chi connectivity index (χ0) is 10.3. The van der Waals surface area contributed by atoms with E-state index in [4.69, 9.17) is 16.7 Å². The minimum absolute atomic E-state index is 0.119. The Hall–Kier alpha value is -1.000. The maximum absolute atomic E-state index is 10.8. The fraction of sp³-hybridized carbons (Fsp3) is 0. The number of fused-ring (bicyclic) bond motifs is 1. The summed E-state index contributed by atoms with van der Waals surface area (Å²) in [5.74, 6) is -1.01. The lowest BCUT2D eigenvalue weighted by Gasteiger charge is -1.92. The number of aromatic carboxylic acids is 1. The summed E-state index contributed by atoms with van der Waals surface area (Å²) in [5.41, 5.74) is 0.829. The third-order valence-electron chi connectivity index (χ3n) is 1.93. The molecule has 0 bridgehead atoms. The average molecular weight is 275 g/mol. The third kappa shape index (κ3) is 1.31. The van der Waals surface area contributed by atoms with Gasteiger partial charge >= 0.3 is 5.97 Å². The van der Waals surface area contributed by atoms with Crippen LogP contribution < -0.4 is 0 Å². The molecule has 0 saturated carbocycles. The lowest BCUT2D eigenvalue weighted by molar-refractivity contribution is 0.0690. The number of aromatic nitrogens is 1. The van der Waals surface area contributed by atoms with Gasteiger partial charge in [-0.3, -0.25) is 0 Å². The van der Waals surface area contributed by atoms with E-state index in [0.717, 1.165) is 0 Å². The minimum atomic E-state index is -1.01. The van der Waals surface area contributed by atoms with Crippen LogP contribution in [0, 0.1) is 0 Å². The summed E-state index contributed by atoms with van der Waals surface area (Å²) in [6.45, 7) is 0. The first-order chi connectivity index (χ1) is 6.61. The highest BCUT2D eigenvalue weighted by molar-refractivity contribution is 9.10. The molecule has 0 aliphatic rings. The highest BCUT2D eigenvalue weighted by atomic mass is 79.9. The summed E-state index contributed by atoms with van der Waals surface area (Å²) in [5, 5.41) is 10.1. The number of carboxylic acid groups (broad SMARTS) is 1. The highest BCUT2D eigenvalue weighted by Gasteiger charge is 2.16. The molecule has 0 atom stereocenters. The average Bonchev–Trinajstić information content (AvgIpc) is 2.45. The number of nitrogens with one attached hydrogen (secondary N) is 1. The molecule has 2 rings (SSSR count). The molecule has 3 nitrogen and oxygen atoms in total. The standard InChI is InChI=1S/C9H5BrClNO2/c10-7-6-4(11)2-1-3-5(6)12-8(7)9(13)14/h1-3,12H,(H,13,14). The number of hydrogen-bond donors (Lipinski definition) is 2. The molecule has 14 heavy (non-hydrogen) atoms. The van der Waals surface area contributed by atoms with Gasteiger partial charge in [-0.1, -0.05) is 17.7 Å². The van der Waals surface area contributed by atoms with E-state index >= 15 is 0 Å². The molecule has 1 heterocycles. The molecule has 0 aliphatic heterocycles. The third-order valence-corrected chi connectivity index (χ3v) is 3.03. The molecule has 2 N–H and O–H groups in total. The number of aromatic amines is 1. The molecule has 2 aromatic rings. The number of halogens is 2. The molecular formula is C9H5BrClNO2. The molecule has 0 saturated heterocycles. The van der Waals surface area contributed by atoms with Crippen LogP contribution in [0.15, 0.2) is 22.7 Å². The van der Waals surface area contributed by atoms with Gasteiger partial charge in [0.25, 0.3) is 0 Å². The van der Waals surface area contributed by atoms with E-state index < -0.39 is 5.97 Å². The Bertz CT molecular complexity index is 521. The minimum Gasteiger partial charge on any atom is -0.477 e. The fourth-order valence-corrected chi connectivity index (χ4v) is 2.39. The summed E-state index contributed by atoms with van der Waals surface area (Å²) in [6.07, 6.45) is 0. The maximum atomic E-state index is 10.8. The first kappa shape index (κ1) is 9.55. The van der Waals surface area contributed by atoms with Crippen molar-refractivity contribution < 1.29 is 9.90 Å². The zero-order valence-electron chi connectivity index (χ0n) is 6.84. The van der Waals surface area contributed by atoms with Crippen LogP contribution in [0.2, 0.25) is 5.02 Å². The number of hydrogen-bond acceptors (Lipinski definition) is 1. The smallest absolute Gasteiger partial charge is 0.353 e. The predicted octanol–water partition coefficient (Wildman–Crippen LogP) is 3.28. The van der Waals surface area contributed by atoms with E-state index in [2.05, 4.69) is 20.9 Å². The van der Waals surface area contributed by atoms with Gasteiger partial charge in [0, 0.05) is 10.9 Å². The van der Waals surface area contributed by atoms with E-state index in [1.165, 1.54) is 0 Å². The van der Waals surface area contributed by atoms with Gasteiger partial charge in [-0.25, -0.2) is 4.79 Å². The van der Waals surface area contributed by atoms with E-state index in [9.17, 15) is 4.79 Å². The van der Waals surface area contributed by atoms with Crippen LogP contribution >= 0.6 is 27.5 Å². The largest absolute Gasteiger partial charge is 0.477 e. The van der Waals surface area contributed by atoms with Gasteiger partial charge in [-0.05, 0) is 28.1 Å². The summed E-state index contributed by atoms with van der Waals surface area (Å²) >= 11 is 9.14. The van der Waals surface area contributed by atoms with Crippen LogP contribution in [0.1, 0.15) is 10.5 Å². The van der Waals surface area contributed by atoms with Crippen LogP contribution in [-0.2, 0) is 0 Å². The number of carbonyl (C=O) groups is 1. The van der Waals surface area contributed by atoms with Crippen LogP contribution in [0.4, 0.5) is 0 Å². The van der Waals surface area contributed by atoms with Gasteiger partial charge in [0.1, 0.15) is 5.69 Å². The fourth-order valence-electron chi connectivity index (χ4n) is 1.31. The van der Waals surface area contributed by atoms with Gasteiger partial charge < -0.3 is 10.1 Å². The second-order valence-corrected chi connectivity index (χ2v) is 3.98. The molecule has 0 unspecified atom stereocenters. The van der Waals surface area contributed by atoms with Gasteiger partial charge in [-0.15, -0.1) is 0 Å². The Kier molecular flexibility index (Phi) is 2.25. The first-order valence-corrected chi connectivity index (χ1v) is 4.97. The zero-order valence-corrected chi connectivity index (χ0v) is 9.19. The normalized spacial score (nSPS) is 10.7. The Morgan fingerprint density at radius 3 is 2.79 bits per heavy atom. The number of carboxylic acids is 1. The topological polar surface area (TPSA) is 53.1 Å². The lowest BCUT2D eigenvalue weighted by atomic mass is 10.2. The van der Waals surface area contributed by atoms with Gasteiger partial charge in [0.15, 0.2) is 0 Å². The van der Waals surface area contributed by atoms with E-state index in [1.54, 1.807) is 18.2 Å². The Morgan fingerprint density at radius 1 is 1.50 bits per heavy atom. The van der Waals surface area contributed by atoms with Crippen molar-refractivity contribution in [1.82, 2.24) is 4.98 Å². The van der Waals surface area contributed by atoms with E-state index in [-0.39, 0.29) is 5.69 Å². The lowest BCUT2D eigenvalue weighted by Crippen LogP contribution is -1.96. The molecule has 0 amide bonds. The van der Waals surface area contributed by atoms with Crippen LogP contribution in [0.5, 0.6) is 0 Å². The molecular weight excluding hydrogens is 269 g/mol. The van der Waals surface area contributed by atoms with Crippen molar-refractivity contribution in [3.05, 3.63) is 33.4 Å².